The Labute approximate surface area is 210 Å². The van der Waals surface area contributed by atoms with E-state index in [1.54, 1.807) is 12.0 Å². The summed E-state index contributed by atoms with van der Waals surface area (Å²) in [6, 6.07) is 15.4. The van der Waals surface area contributed by atoms with E-state index in [1.165, 1.54) is 0 Å². The van der Waals surface area contributed by atoms with E-state index in [0.717, 1.165) is 36.1 Å². The van der Waals surface area contributed by atoms with Crippen LogP contribution in [0.15, 0.2) is 48.5 Å². The number of hydroxylamine groups is 2. The molecule has 1 fully saturated rings. The molecule has 0 saturated carbocycles. The normalized spacial score (nSPS) is 23.6. The van der Waals surface area contributed by atoms with Crippen LogP contribution in [0, 0.1) is 0 Å². The first-order chi connectivity index (χ1) is 16.4. The van der Waals surface area contributed by atoms with Crippen molar-refractivity contribution in [3.63, 3.8) is 0 Å². The van der Waals surface area contributed by atoms with Gasteiger partial charge in [-0.05, 0) is 85.4 Å². The average Bonchev–Trinajstić information content (AvgIpc) is 3.10. The molecule has 0 radical (unpaired) electrons. The third kappa shape index (κ3) is 4.91. The number of hydrogen-bond donors (Lipinski definition) is 0. The number of ether oxygens (including phenoxy) is 2. The molecule has 4 rings (SSSR count). The first-order valence-corrected chi connectivity index (χ1v) is 12.6. The highest BCUT2D eigenvalue weighted by Crippen LogP contribution is 2.55. The number of carbonyl (C=O) groups excluding carboxylic acids is 1. The molecule has 1 saturated heterocycles. The number of amides is 1. The highest BCUT2D eigenvalue weighted by atomic mass is 16.7. The van der Waals surface area contributed by atoms with E-state index >= 15 is 0 Å². The smallest absolute Gasteiger partial charge is 0.415 e. The van der Waals surface area contributed by atoms with Crippen molar-refractivity contribution < 1.29 is 19.1 Å². The highest BCUT2D eigenvalue weighted by molar-refractivity contribution is 5.93. The zero-order valence-electron chi connectivity index (χ0n) is 22.4. The van der Waals surface area contributed by atoms with Crippen molar-refractivity contribution in [2.24, 2.45) is 0 Å². The second-order valence-electron chi connectivity index (χ2n) is 11.9. The Balaban J connectivity index is 1.89. The summed E-state index contributed by atoms with van der Waals surface area (Å²) in [5.74, 6) is 0.701. The molecule has 1 amide bonds. The van der Waals surface area contributed by atoms with E-state index in [-0.39, 0.29) is 11.1 Å². The minimum Gasteiger partial charge on any atom is -0.496 e. The molecule has 35 heavy (non-hydrogen) atoms. The van der Waals surface area contributed by atoms with Crippen LogP contribution in [0.5, 0.6) is 5.75 Å². The van der Waals surface area contributed by atoms with Crippen molar-refractivity contribution in [2.45, 2.75) is 96.6 Å². The largest absolute Gasteiger partial charge is 0.496 e. The molecule has 0 unspecified atom stereocenters. The molecule has 2 heterocycles. The van der Waals surface area contributed by atoms with Crippen molar-refractivity contribution in [3.8, 4) is 5.75 Å². The van der Waals surface area contributed by atoms with E-state index in [4.69, 9.17) is 14.3 Å². The fraction of sp³-hybridized carbons (Fsp3) is 0.552. The number of benzene rings is 2. The summed E-state index contributed by atoms with van der Waals surface area (Å²) in [5, 5.41) is 2.17. The predicted molar refractivity (Wildman–Crippen MR) is 139 cm³/mol. The van der Waals surface area contributed by atoms with Crippen LogP contribution in [0.1, 0.15) is 91.0 Å². The zero-order chi connectivity index (χ0) is 25.6. The van der Waals surface area contributed by atoms with Crippen molar-refractivity contribution in [3.05, 3.63) is 59.7 Å². The number of nitrogens with zero attached hydrogens (tertiary/aromatic N) is 2. The monoisotopic (exact) mass is 480 g/mol. The number of fused-ring (bicyclic) bond motifs is 1. The Hall–Kier alpha value is -2.57. The molecule has 6 heteroatoms. The molecule has 2 aromatic rings. The van der Waals surface area contributed by atoms with Gasteiger partial charge in [-0.15, -0.1) is 0 Å². The summed E-state index contributed by atoms with van der Waals surface area (Å²) < 4.78 is 11.7. The molecule has 2 aliphatic rings. The SMILES string of the molecule is COc1cccc2c1[C@H](ON1C(C)(C)CCCC1(C)C)[C@@H](c1ccccc1)N2C(=O)OC(C)(C)C. The van der Waals surface area contributed by atoms with Crippen LogP contribution < -0.4 is 9.64 Å². The summed E-state index contributed by atoms with van der Waals surface area (Å²) in [6.45, 7) is 14.6. The average molecular weight is 481 g/mol. The molecule has 0 aliphatic carbocycles. The number of piperidine rings is 1. The van der Waals surface area contributed by atoms with Gasteiger partial charge in [0.1, 0.15) is 17.5 Å². The Bertz CT molecular complexity index is 1040. The van der Waals surface area contributed by atoms with Crippen LogP contribution in [-0.2, 0) is 9.57 Å². The van der Waals surface area contributed by atoms with Crippen LogP contribution in [0.3, 0.4) is 0 Å². The number of hydrogen-bond acceptors (Lipinski definition) is 5. The van der Waals surface area contributed by atoms with Gasteiger partial charge in [0.05, 0.1) is 24.4 Å². The van der Waals surface area contributed by atoms with Gasteiger partial charge in [-0.25, -0.2) is 4.79 Å². The Morgan fingerprint density at radius 2 is 1.57 bits per heavy atom. The fourth-order valence-corrected chi connectivity index (χ4v) is 5.63. The van der Waals surface area contributed by atoms with Gasteiger partial charge in [-0.2, -0.15) is 5.06 Å². The van der Waals surface area contributed by atoms with Crippen LogP contribution in [0.25, 0.3) is 0 Å². The highest BCUT2D eigenvalue weighted by Gasteiger charge is 2.51. The van der Waals surface area contributed by atoms with Crippen molar-refractivity contribution in [2.75, 3.05) is 12.0 Å². The Kier molecular flexibility index (Phi) is 6.66. The first kappa shape index (κ1) is 25.5. The molecule has 0 aromatic heterocycles. The summed E-state index contributed by atoms with van der Waals surface area (Å²) >= 11 is 0. The molecule has 2 aliphatic heterocycles. The third-order valence-electron chi connectivity index (χ3n) is 7.00. The quantitative estimate of drug-likeness (QED) is 0.463. The van der Waals surface area contributed by atoms with Crippen LogP contribution >= 0.6 is 0 Å². The van der Waals surface area contributed by atoms with Gasteiger partial charge in [0, 0.05) is 11.1 Å². The maximum absolute atomic E-state index is 13.7. The van der Waals surface area contributed by atoms with E-state index in [9.17, 15) is 4.79 Å². The Morgan fingerprint density at radius 3 is 2.14 bits per heavy atom. The third-order valence-corrected chi connectivity index (χ3v) is 7.00. The van der Waals surface area contributed by atoms with Crippen molar-refractivity contribution in [1.29, 1.82) is 0 Å². The van der Waals surface area contributed by atoms with Gasteiger partial charge in [0.25, 0.3) is 0 Å². The lowest BCUT2D eigenvalue weighted by Crippen LogP contribution is -2.58. The molecule has 0 N–H and O–H groups in total. The lowest BCUT2D eigenvalue weighted by atomic mass is 9.82. The van der Waals surface area contributed by atoms with Gasteiger partial charge < -0.3 is 9.47 Å². The number of anilines is 1. The molecule has 2 aromatic carbocycles. The van der Waals surface area contributed by atoms with Gasteiger partial charge in [0.2, 0.25) is 0 Å². The summed E-state index contributed by atoms with van der Waals surface area (Å²) in [6.07, 6.45) is 2.36. The number of rotatable bonds is 4. The molecule has 0 bridgehead atoms. The van der Waals surface area contributed by atoms with E-state index in [2.05, 4.69) is 32.8 Å². The molecular formula is C29H40N2O4. The Morgan fingerprint density at radius 1 is 0.943 bits per heavy atom. The summed E-state index contributed by atoms with van der Waals surface area (Å²) in [7, 11) is 1.66. The summed E-state index contributed by atoms with van der Waals surface area (Å²) in [4.78, 5) is 22.5. The topological polar surface area (TPSA) is 51.2 Å². The second kappa shape index (κ2) is 9.14. The van der Waals surface area contributed by atoms with Gasteiger partial charge in [0.15, 0.2) is 0 Å². The lowest BCUT2D eigenvalue weighted by molar-refractivity contribution is -0.309. The van der Waals surface area contributed by atoms with E-state index in [1.807, 2.05) is 69.3 Å². The van der Waals surface area contributed by atoms with Crippen LogP contribution in [0.2, 0.25) is 0 Å². The number of carbonyl (C=O) groups is 1. The molecule has 0 spiro atoms. The van der Waals surface area contributed by atoms with E-state index in [0.29, 0.717) is 5.75 Å². The first-order valence-electron chi connectivity index (χ1n) is 12.6. The molecule has 6 nitrogen and oxygen atoms in total. The van der Waals surface area contributed by atoms with E-state index < -0.39 is 23.8 Å². The zero-order valence-corrected chi connectivity index (χ0v) is 22.4. The molecule has 190 valence electrons. The maximum atomic E-state index is 13.7. The van der Waals surface area contributed by atoms with Crippen LogP contribution in [-0.4, -0.2) is 34.9 Å². The summed E-state index contributed by atoms with van der Waals surface area (Å²) in [5.41, 5.74) is 1.65. The van der Waals surface area contributed by atoms with Crippen molar-refractivity contribution in [1.82, 2.24) is 5.06 Å². The second-order valence-corrected chi connectivity index (χ2v) is 11.9. The van der Waals surface area contributed by atoms with Gasteiger partial charge in [-0.3, -0.25) is 9.74 Å². The van der Waals surface area contributed by atoms with Crippen LogP contribution in [0.4, 0.5) is 10.5 Å². The van der Waals surface area contributed by atoms with Crippen molar-refractivity contribution >= 4 is 11.8 Å². The minimum atomic E-state index is -0.632. The fourth-order valence-electron chi connectivity index (χ4n) is 5.63. The minimum absolute atomic E-state index is 0.162. The number of methoxy groups -OCH3 is 1. The predicted octanol–water partition coefficient (Wildman–Crippen LogP) is 7.21. The lowest BCUT2D eigenvalue weighted by Gasteiger charge is -2.52. The molecule has 2 atom stereocenters. The molecular weight excluding hydrogens is 440 g/mol. The van der Waals surface area contributed by atoms with Gasteiger partial charge >= 0.3 is 6.09 Å². The van der Waals surface area contributed by atoms with Gasteiger partial charge in [-0.1, -0.05) is 36.4 Å². The standard InChI is InChI=1S/C29H40N2O4/c1-27(2,3)34-26(32)30-21-16-12-17-22(33-8)23(21)25(24(30)20-14-10-9-11-15-20)35-31-28(4,5)18-13-19-29(31,6)7/h9-12,14-17,24-25H,13,18-19H2,1-8H3/t24-,25+/m1/s1. The maximum Gasteiger partial charge on any atom is 0.415 e.